The molecule has 0 spiro atoms. The van der Waals surface area contributed by atoms with Gasteiger partial charge in [0.2, 0.25) is 5.89 Å². The summed E-state index contributed by atoms with van der Waals surface area (Å²) in [6.45, 7) is 6.16. The maximum atomic E-state index is 11.8. The van der Waals surface area contributed by atoms with Crippen LogP contribution in [0.2, 0.25) is 0 Å². The topological polar surface area (TPSA) is 84.7 Å². The highest BCUT2D eigenvalue weighted by Gasteiger charge is 2.21. The molecule has 2 aromatic heterocycles. The molecule has 0 aliphatic carbocycles. The van der Waals surface area contributed by atoms with Crippen molar-refractivity contribution in [1.82, 2.24) is 20.3 Å². The fourth-order valence-electron chi connectivity index (χ4n) is 2.47. The van der Waals surface area contributed by atoms with Crippen LogP contribution in [0.1, 0.15) is 44.1 Å². The zero-order chi connectivity index (χ0) is 15.7. The second kappa shape index (κ2) is 5.71. The van der Waals surface area contributed by atoms with Gasteiger partial charge < -0.3 is 4.52 Å². The highest BCUT2D eigenvalue weighted by molar-refractivity contribution is 5.84. The molecule has 0 saturated carbocycles. The van der Waals surface area contributed by atoms with Crippen molar-refractivity contribution < 1.29 is 4.52 Å². The number of fused-ring (bicyclic) bond motifs is 1. The van der Waals surface area contributed by atoms with Gasteiger partial charge in [0.05, 0.1) is 17.0 Å². The van der Waals surface area contributed by atoms with Gasteiger partial charge in [-0.05, 0) is 18.9 Å². The smallest absolute Gasteiger partial charge is 0.272 e. The van der Waals surface area contributed by atoms with Gasteiger partial charge in [-0.25, -0.2) is 5.10 Å². The number of hydrogen-bond donors (Lipinski definition) is 1. The first-order valence-electron chi connectivity index (χ1n) is 7.36. The summed E-state index contributed by atoms with van der Waals surface area (Å²) in [7, 11) is 0. The van der Waals surface area contributed by atoms with Gasteiger partial charge in [0.1, 0.15) is 0 Å². The minimum atomic E-state index is -0.197. The van der Waals surface area contributed by atoms with E-state index in [9.17, 15) is 4.79 Å². The normalized spacial score (nSPS) is 12.9. The summed E-state index contributed by atoms with van der Waals surface area (Å²) in [4.78, 5) is 16.3. The Hall–Kier alpha value is -2.50. The molecule has 0 fully saturated rings. The van der Waals surface area contributed by atoms with E-state index < -0.39 is 0 Å². The summed E-state index contributed by atoms with van der Waals surface area (Å²) in [5.74, 6) is 1.49. The van der Waals surface area contributed by atoms with E-state index >= 15 is 0 Å². The Morgan fingerprint density at radius 3 is 2.64 bits per heavy atom. The monoisotopic (exact) mass is 298 g/mol. The average Bonchev–Trinajstić information content (AvgIpc) is 2.95. The highest BCUT2D eigenvalue weighted by atomic mass is 16.5. The van der Waals surface area contributed by atoms with Crippen molar-refractivity contribution in [2.24, 2.45) is 5.92 Å². The van der Waals surface area contributed by atoms with Gasteiger partial charge in [0, 0.05) is 11.8 Å². The van der Waals surface area contributed by atoms with Gasteiger partial charge in [-0.3, -0.25) is 4.79 Å². The van der Waals surface area contributed by atoms with Gasteiger partial charge in [-0.1, -0.05) is 37.2 Å². The van der Waals surface area contributed by atoms with E-state index in [0.717, 1.165) is 17.5 Å². The SMILES string of the molecule is CC(C)Cc1noc(C(C)c2n[nH]c(=O)c3ccccc23)n1. The largest absolute Gasteiger partial charge is 0.339 e. The lowest BCUT2D eigenvalue weighted by Gasteiger charge is -2.08. The summed E-state index contributed by atoms with van der Waals surface area (Å²) < 4.78 is 5.37. The zero-order valence-corrected chi connectivity index (χ0v) is 12.8. The van der Waals surface area contributed by atoms with Gasteiger partial charge in [-0.15, -0.1) is 0 Å². The molecule has 114 valence electrons. The molecule has 1 unspecified atom stereocenters. The third kappa shape index (κ3) is 2.64. The summed E-state index contributed by atoms with van der Waals surface area (Å²) >= 11 is 0. The van der Waals surface area contributed by atoms with Gasteiger partial charge >= 0.3 is 0 Å². The van der Waals surface area contributed by atoms with Crippen LogP contribution in [-0.4, -0.2) is 20.3 Å². The lowest BCUT2D eigenvalue weighted by molar-refractivity contribution is 0.362. The number of nitrogens with zero attached hydrogens (tertiary/aromatic N) is 3. The van der Waals surface area contributed by atoms with Crippen LogP contribution in [0.25, 0.3) is 10.8 Å². The molecule has 0 aliphatic rings. The molecular weight excluding hydrogens is 280 g/mol. The Balaban J connectivity index is 2.02. The number of hydrogen-bond acceptors (Lipinski definition) is 5. The Bertz CT molecular complexity index is 850. The summed E-state index contributed by atoms with van der Waals surface area (Å²) in [6.07, 6.45) is 0.774. The van der Waals surface area contributed by atoms with Crippen molar-refractivity contribution in [2.75, 3.05) is 0 Å². The summed E-state index contributed by atoms with van der Waals surface area (Å²) in [5.41, 5.74) is 0.535. The molecule has 1 atom stereocenters. The third-order valence-corrected chi connectivity index (χ3v) is 3.58. The van der Waals surface area contributed by atoms with Crippen LogP contribution >= 0.6 is 0 Å². The number of nitrogens with one attached hydrogen (secondary N) is 1. The number of rotatable bonds is 4. The zero-order valence-electron chi connectivity index (χ0n) is 12.8. The summed E-state index contributed by atoms with van der Waals surface area (Å²) in [6, 6.07) is 7.38. The molecule has 1 N–H and O–H groups in total. The van der Waals surface area contributed by atoms with Crippen molar-refractivity contribution in [3.8, 4) is 0 Å². The number of aromatic nitrogens is 4. The van der Waals surface area contributed by atoms with Crippen LogP contribution in [-0.2, 0) is 6.42 Å². The van der Waals surface area contributed by atoms with Gasteiger partial charge in [-0.2, -0.15) is 10.1 Å². The van der Waals surface area contributed by atoms with Crippen LogP contribution in [0, 0.1) is 5.92 Å². The Kier molecular flexibility index (Phi) is 3.75. The lowest BCUT2D eigenvalue weighted by atomic mass is 10.0. The molecule has 22 heavy (non-hydrogen) atoms. The first kappa shape index (κ1) is 14.4. The second-order valence-corrected chi connectivity index (χ2v) is 5.85. The molecule has 3 aromatic rings. The molecular formula is C16H18N4O2. The highest BCUT2D eigenvalue weighted by Crippen LogP contribution is 2.26. The second-order valence-electron chi connectivity index (χ2n) is 5.85. The van der Waals surface area contributed by atoms with E-state index in [1.807, 2.05) is 25.1 Å². The molecule has 6 nitrogen and oxygen atoms in total. The molecule has 1 aromatic carbocycles. The average molecular weight is 298 g/mol. The van der Waals surface area contributed by atoms with Crippen molar-refractivity contribution in [3.05, 3.63) is 52.0 Å². The van der Waals surface area contributed by atoms with E-state index in [1.54, 1.807) is 6.07 Å². The third-order valence-electron chi connectivity index (χ3n) is 3.58. The van der Waals surface area contributed by atoms with Crippen LogP contribution < -0.4 is 5.56 Å². The van der Waals surface area contributed by atoms with Crippen molar-refractivity contribution in [3.63, 3.8) is 0 Å². The molecule has 6 heteroatoms. The summed E-state index contributed by atoms with van der Waals surface area (Å²) in [5, 5.41) is 12.2. The van der Waals surface area contributed by atoms with E-state index in [4.69, 9.17) is 4.52 Å². The van der Waals surface area contributed by atoms with Crippen LogP contribution in [0.3, 0.4) is 0 Å². The molecule has 3 rings (SSSR count). The lowest BCUT2D eigenvalue weighted by Crippen LogP contribution is -2.13. The molecule has 2 heterocycles. The predicted octanol–water partition coefficient (Wildman–Crippen LogP) is 2.66. The van der Waals surface area contributed by atoms with Gasteiger partial charge in [0.25, 0.3) is 5.56 Å². The van der Waals surface area contributed by atoms with Crippen molar-refractivity contribution in [1.29, 1.82) is 0 Å². The van der Waals surface area contributed by atoms with E-state index in [2.05, 4.69) is 34.2 Å². The molecule has 0 amide bonds. The minimum Gasteiger partial charge on any atom is -0.339 e. The first-order chi connectivity index (χ1) is 10.6. The number of benzene rings is 1. The van der Waals surface area contributed by atoms with Crippen molar-refractivity contribution >= 4 is 10.8 Å². The maximum absolute atomic E-state index is 11.8. The fourth-order valence-corrected chi connectivity index (χ4v) is 2.47. The Morgan fingerprint density at radius 2 is 1.91 bits per heavy atom. The standard InChI is InChI=1S/C16H18N4O2/c1-9(2)8-13-17-16(22-20-13)10(3)14-11-6-4-5-7-12(11)15(21)19-18-14/h4-7,9-10H,8H2,1-3H3,(H,19,21). The number of H-pyrrole nitrogens is 1. The molecule has 0 saturated heterocycles. The first-order valence-corrected chi connectivity index (χ1v) is 7.36. The Morgan fingerprint density at radius 1 is 1.18 bits per heavy atom. The quantitative estimate of drug-likeness (QED) is 0.800. The molecule has 0 aliphatic heterocycles. The van der Waals surface area contributed by atoms with E-state index in [-0.39, 0.29) is 11.5 Å². The van der Waals surface area contributed by atoms with Crippen molar-refractivity contribution in [2.45, 2.75) is 33.1 Å². The minimum absolute atomic E-state index is 0.185. The predicted molar refractivity (Wildman–Crippen MR) is 82.7 cm³/mol. The Labute approximate surface area is 127 Å². The molecule has 0 bridgehead atoms. The van der Waals surface area contributed by atoms with Crippen LogP contribution in [0.15, 0.2) is 33.6 Å². The van der Waals surface area contributed by atoms with Crippen LogP contribution in [0.4, 0.5) is 0 Å². The van der Waals surface area contributed by atoms with E-state index in [0.29, 0.717) is 23.0 Å². The molecule has 0 radical (unpaired) electrons. The van der Waals surface area contributed by atoms with Gasteiger partial charge in [0.15, 0.2) is 5.82 Å². The maximum Gasteiger partial charge on any atom is 0.272 e. The van der Waals surface area contributed by atoms with Crippen LogP contribution in [0.5, 0.6) is 0 Å². The van der Waals surface area contributed by atoms with E-state index in [1.165, 1.54) is 0 Å². The fraction of sp³-hybridized carbons (Fsp3) is 0.375. The number of aromatic amines is 1.